The van der Waals surface area contributed by atoms with E-state index in [-0.39, 0.29) is 58.8 Å². The molecule has 0 spiro atoms. The Kier molecular flexibility index (Phi) is 6.53. The second kappa shape index (κ2) is 9.78. The Morgan fingerprint density at radius 1 is 1.11 bits per heavy atom. The number of hydrogen-bond acceptors (Lipinski definition) is 6. The van der Waals surface area contributed by atoms with Crippen LogP contribution in [0.25, 0.3) is 0 Å². The molecule has 2 aromatic rings. The fourth-order valence-corrected chi connectivity index (χ4v) is 5.44. The largest absolute Gasteiger partial charge is 0.490 e. The van der Waals surface area contributed by atoms with Crippen molar-refractivity contribution in [1.29, 1.82) is 0 Å². The van der Waals surface area contributed by atoms with Gasteiger partial charge in [-0.3, -0.25) is 14.4 Å². The van der Waals surface area contributed by atoms with Crippen LogP contribution < -0.4 is 14.8 Å². The van der Waals surface area contributed by atoms with Crippen LogP contribution in [0.3, 0.4) is 0 Å². The topological polar surface area (TPSA) is 97.3 Å². The highest BCUT2D eigenvalue weighted by atomic mass is 35.5. The smallest absolute Gasteiger partial charge is 0.262 e. The van der Waals surface area contributed by atoms with Crippen molar-refractivity contribution in [2.24, 2.45) is 28.8 Å². The summed E-state index contributed by atoms with van der Waals surface area (Å²) in [5, 5.41) is 8.16. The number of fused-ring (bicyclic) bond motifs is 5. The maximum atomic E-state index is 12.8. The van der Waals surface area contributed by atoms with E-state index >= 15 is 0 Å². The van der Waals surface area contributed by atoms with E-state index in [0.717, 1.165) is 17.0 Å². The van der Waals surface area contributed by atoms with E-state index in [1.54, 1.807) is 12.1 Å². The van der Waals surface area contributed by atoms with Gasteiger partial charge in [0, 0.05) is 5.69 Å². The van der Waals surface area contributed by atoms with Gasteiger partial charge in [-0.05, 0) is 61.9 Å². The van der Waals surface area contributed by atoms with E-state index < -0.39 is 0 Å². The third-order valence-electron chi connectivity index (χ3n) is 6.78. The summed E-state index contributed by atoms with van der Waals surface area (Å²) in [5.41, 5.74) is 2.28. The zero-order valence-electron chi connectivity index (χ0n) is 19.9. The van der Waals surface area contributed by atoms with Gasteiger partial charge in [0.15, 0.2) is 18.1 Å². The van der Waals surface area contributed by atoms with Gasteiger partial charge in [-0.25, -0.2) is 0 Å². The third kappa shape index (κ3) is 4.48. The molecule has 2 aromatic carbocycles. The lowest BCUT2D eigenvalue weighted by Gasteiger charge is -2.15. The number of nitrogens with zero attached hydrogens (tertiary/aromatic N) is 2. The summed E-state index contributed by atoms with van der Waals surface area (Å²) >= 11 is 6.45. The first-order valence-corrected chi connectivity index (χ1v) is 12.3. The number of anilines is 1. The molecule has 36 heavy (non-hydrogen) atoms. The van der Waals surface area contributed by atoms with Gasteiger partial charge >= 0.3 is 0 Å². The lowest BCUT2D eigenvalue weighted by Crippen LogP contribution is -2.28. The number of hydrazone groups is 1. The van der Waals surface area contributed by atoms with Gasteiger partial charge in [-0.2, -0.15) is 10.1 Å². The molecule has 2 fully saturated rings. The van der Waals surface area contributed by atoms with E-state index in [4.69, 9.17) is 21.1 Å². The summed E-state index contributed by atoms with van der Waals surface area (Å²) in [4.78, 5) is 38.0. The average Bonchev–Trinajstić information content (AvgIpc) is 3.53. The van der Waals surface area contributed by atoms with Crippen LogP contribution in [0.4, 0.5) is 5.69 Å². The SMILES string of the molecule is CCOc1cc(C=NN2C(=O)[C@@H]3[C@H](C2=O)[C@H]2C=C[C@H]3C2)cc(Cl)c1OCC(=O)Nc1ccc(C)cc1. The van der Waals surface area contributed by atoms with Gasteiger partial charge < -0.3 is 14.8 Å². The normalized spacial score (nSPS) is 24.0. The molecule has 8 nitrogen and oxygen atoms in total. The van der Waals surface area contributed by atoms with E-state index in [0.29, 0.717) is 23.6 Å². The molecule has 1 saturated heterocycles. The molecule has 1 saturated carbocycles. The number of nitrogens with one attached hydrogen (secondary N) is 1. The van der Waals surface area contributed by atoms with Gasteiger partial charge in [-0.15, -0.1) is 0 Å². The molecule has 2 bridgehead atoms. The molecular formula is C27H26ClN3O5. The van der Waals surface area contributed by atoms with Crippen molar-refractivity contribution in [3.05, 3.63) is 64.7 Å². The molecule has 0 radical (unpaired) electrons. The standard InChI is InChI=1S/C27H26ClN3O5/c1-3-35-21-11-16(13-29-31-26(33)23-17-6-7-18(12-17)24(23)27(31)34)10-20(28)25(21)36-14-22(32)30-19-8-4-15(2)5-9-19/h4-11,13,17-18,23-24H,3,12,14H2,1-2H3,(H,30,32)/t17-,18-,23-,24+/m0/s1. The lowest BCUT2D eigenvalue weighted by atomic mass is 9.85. The Hall–Kier alpha value is -3.65. The van der Waals surface area contributed by atoms with Gasteiger partial charge in [0.1, 0.15) is 0 Å². The summed E-state index contributed by atoms with van der Waals surface area (Å²) in [7, 11) is 0. The number of rotatable bonds is 8. The maximum absolute atomic E-state index is 12.8. The van der Waals surface area contributed by atoms with Gasteiger partial charge in [-0.1, -0.05) is 41.4 Å². The van der Waals surface area contributed by atoms with Gasteiger partial charge in [0.2, 0.25) is 0 Å². The number of aryl methyl sites for hydroxylation is 1. The van der Waals surface area contributed by atoms with Crippen LogP contribution in [0.1, 0.15) is 24.5 Å². The number of allylic oxidation sites excluding steroid dienone is 2. The summed E-state index contributed by atoms with van der Waals surface area (Å²) < 4.78 is 11.4. The summed E-state index contributed by atoms with van der Waals surface area (Å²) in [6.45, 7) is 3.85. The second-order valence-corrected chi connectivity index (χ2v) is 9.61. The minimum atomic E-state index is -0.344. The number of carbonyl (C=O) groups is 3. The van der Waals surface area contributed by atoms with Gasteiger partial charge in [0.05, 0.1) is 29.7 Å². The zero-order chi connectivity index (χ0) is 25.4. The number of amides is 3. The van der Waals surface area contributed by atoms with Crippen molar-refractivity contribution < 1.29 is 23.9 Å². The highest BCUT2D eigenvalue weighted by Gasteiger charge is 2.59. The molecule has 1 aliphatic heterocycles. The molecule has 3 aliphatic rings. The molecular weight excluding hydrogens is 482 g/mol. The summed E-state index contributed by atoms with van der Waals surface area (Å²) in [5.74, 6) is -0.688. The molecule has 1 N–H and O–H groups in total. The maximum Gasteiger partial charge on any atom is 0.262 e. The van der Waals surface area contributed by atoms with Crippen LogP contribution in [0.5, 0.6) is 11.5 Å². The van der Waals surface area contributed by atoms with E-state index in [1.807, 2.05) is 50.3 Å². The Bertz CT molecular complexity index is 1240. The van der Waals surface area contributed by atoms with Gasteiger partial charge in [0.25, 0.3) is 17.7 Å². The summed E-state index contributed by atoms with van der Waals surface area (Å²) in [6, 6.07) is 10.6. The van der Waals surface area contributed by atoms with Crippen molar-refractivity contribution >= 4 is 41.2 Å². The van der Waals surface area contributed by atoms with Crippen molar-refractivity contribution in [2.45, 2.75) is 20.3 Å². The number of benzene rings is 2. The fraction of sp³-hybridized carbons (Fsp3) is 0.333. The first kappa shape index (κ1) is 24.1. The molecule has 5 rings (SSSR count). The summed E-state index contributed by atoms with van der Waals surface area (Å²) in [6.07, 6.45) is 6.35. The van der Waals surface area contributed by atoms with Crippen LogP contribution in [-0.2, 0) is 14.4 Å². The van der Waals surface area contributed by atoms with Crippen molar-refractivity contribution in [2.75, 3.05) is 18.5 Å². The molecule has 186 valence electrons. The van der Waals surface area contributed by atoms with Crippen molar-refractivity contribution in [1.82, 2.24) is 5.01 Å². The minimum absolute atomic E-state index is 0.121. The first-order chi connectivity index (χ1) is 17.4. The predicted molar refractivity (Wildman–Crippen MR) is 135 cm³/mol. The van der Waals surface area contributed by atoms with E-state index in [9.17, 15) is 14.4 Å². The predicted octanol–water partition coefficient (Wildman–Crippen LogP) is 4.21. The number of carbonyl (C=O) groups excluding carboxylic acids is 3. The van der Waals surface area contributed by atoms with Crippen molar-refractivity contribution in [3.8, 4) is 11.5 Å². The highest BCUT2D eigenvalue weighted by molar-refractivity contribution is 6.32. The Labute approximate surface area is 213 Å². The fourth-order valence-electron chi connectivity index (χ4n) is 5.16. The first-order valence-electron chi connectivity index (χ1n) is 11.9. The number of hydrogen-bond donors (Lipinski definition) is 1. The highest BCUT2D eigenvalue weighted by Crippen LogP contribution is 2.52. The molecule has 0 aromatic heterocycles. The quantitative estimate of drug-likeness (QED) is 0.328. The Morgan fingerprint density at radius 3 is 2.42 bits per heavy atom. The number of halogens is 1. The molecule has 1 heterocycles. The average molecular weight is 508 g/mol. The van der Waals surface area contributed by atoms with Crippen LogP contribution >= 0.6 is 11.6 Å². The molecule has 3 amide bonds. The second-order valence-electron chi connectivity index (χ2n) is 9.20. The molecule has 2 aliphatic carbocycles. The monoisotopic (exact) mass is 507 g/mol. The van der Waals surface area contributed by atoms with Crippen LogP contribution in [0.2, 0.25) is 5.02 Å². The minimum Gasteiger partial charge on any atom is -0.490 e. The Morgan fingerprint density at radius 2 is 1.78 bits per heavy atom. The van der Waals surface area contributed by atoms with Crippen LogP contribution in [-0.4, -0.2) is 42.2 Å². The zero-order valence-corrected chi connectivity index (χ0v) is 20.7. The molecule has 9 heteroatoms. The Balaban J connectivity index is 1.28. The molecule has 4 atom stereocenters. The molecule has 0 unspecified atom stereocenters. The van der Waals surface area contributed by atoms with Crippen LogP contribution in [0, 0.1) is 30.6 Å². The number of imide groups is 1. The van der Waals surface area contributed by atoms with E-state index in [2.05, 4.69) is 10.4 Å². The third-order valence-corrected chi connectivity index (χ3v) is 7.06. The van der Waals surface area contributed by atoms with Crippen molar-refractivity contribution in [3.63, 3.8) is 0 Å². The number of ether oxygens (including phenoxy) is 2. The van der Waals surface area contributed by atoms with E-state index in [1.165, 1.54) is 6.21 Å². The van der Waals surface area contributed by atoms with Crippen LogP contribution in [0.15, 0.2) is 53.7 Å². The lowest BCUT2D eigenvalue weighted by molar-refractivity contribution is -0.140.